The minimum atomic E-state index is -3.57. The fraction of sp³-hybridized carbons (Fsp3) is 0.375. The van der Waals surface area contributed by atoms with Crippen LogP contribution in [0, 0.1) is 0 Å². The fourth-order valence-corrected chi connectivity index (χ4v) is 6.73. The van der Waals surface area contributed by atoms with Crippen LogP contribution in [0.2, 0.25) is 0 Å². The number of aromatic nitrogens is 2. The highest BCUT2D eigenvalue weighted by molar-refractivity contribution is 8.00. The van der Waals surface area contributed by atoms with Crippen molar-refractivity contribution >= 4 is 38.6 Å². The summed E-state index contributed by atoms with van der Waals surface area (Å²) in [7, 11) is -3.57. The van der Waals surface area contributed by atoms with Crippen molar-refractivity contribution in [2.45, 2.75) is 41.1 Å². The first-order chi connectivity index (χ1) is 16.4. The summed E-state index contributed by atoms with van der Waals surface area (Å²) in [5.74, 6) is -0.0773. The summed E-state index contributed by atoms with van der Waals surface area (Å²) >= 11 is 1.30. The van der Waals surface area contributed by atoms with E-state index in [-0.39, 0.29) is 35.5 Å². The van der Waals surface area contributed by atoms with Gasteiger partial charge < -0.3 is 4.90 Å². The van der Waals surface area contributed by atoms with E-state index < -0.39 is 15.3 Å². The highest BCUT2D eigenvalue weighted by Crippen LogP contribution is 2.37. The van der Waals surface area contributed by atoms with Crippen LogP contribution >= 0.6 is 11.8 Å². The Morgan fingerprint density at radius 2 is 1.65 bits per heavy atom. The minimum Gasteiger partial charge on any atom is -0.339 e. The third kappa shape index (κ3) is 4.37. The summed E-state index contributed by atoms with van der Waals surface area (Å²) in [4.78, 5) is 33.0. The van der Waals surface area contributed by atoms with E-state index in [1.807, 2.05) is 25.1 Å². The van der Waals surface area contributed by atoms with Gasteiger partial charge in [-0.3, -0.25) is 14.2 Å². The van der Waals surface area contributed by atoms with Crippen LogP contribution < -0.4 is 5.56 Å². The number of carbonyl (C=O) groups is 1. The molecule has 10 heteroatoms. The Morgan fingerprint density at radius 3 is 2.32 bits per heavy atom. The maximum Gasteiger partial charge on any atom is 0.262 e. The molecule has 1 atom stereocenters. The second-order valence-electron chi connectivity index (χ2n) is 8.62. The van der Waals surface area contributed by atoms with Crippen LogP contribution in [0.3, 0.4) is 0 Å². The lowest BCUT2D eigenvalue weighted by molar-refractivity contribution is -0.131. The topological polar surface area (TPSA) is 92.6 Å². The average molecular weight is 499 g/mol. The summed E-state index contributed by atoms with van der Waals surface area (Å²) < 4.78 is 28.9. The van der Waals surface area contributed by atoms with Gasteiger partial charge in [0.15, 0.2) is 5.16 Å². The molecular weight excluding hydrogens is 472 g/mol. The molecular formula is C24H26N4O4S2. The number of rotatable bonds is 6. The maximum absolute atomic E-state index is 13.2. The van der Waals surface area contributed by atoms with Crippen molar-refractivity contribution < 1.29 is 13.2 Å². The van der Waals surface area contributed by atoms with E-state index in [9.17, 15) is 18.0 Å². The smallest absolute Gasteiger partial charge is 0.262 e. The van der Waals surface area contributed by atoms with Crippen LogP contribution in [-0.2, 0) is 14.8 Å². The lowest BCUT2D eigenvalue weighted by Crippen LogP contribution is -2.52. The number of nitrogens with zero attached hydrogens (tertiary/aromatic N) is 4. The Labute approximate surface area is 202 Å². The molecule has 178 valence electrons. The zero-order valence-corrected chi connectivity index (χ0v) is 20.5. The molecule has 1 amide bonds. The molecule has 3 aromatic rings. The van der Waals surface area contributed by atoms with Crippen molar-refractivity contribution in [2.75, 3.05) is 26.2 Å². The third-order valence-corrected chi connectivity index (χ3v) is 9.22. The van der Waals surface area contributed by atoms with E-state index in [0.717, 1.165) is 12.8 Å². The van der Waals surface area contributed by atoms with E-state index in [1.165, 1.54) is 16.1 Å². The van der Waals surface area contributed by atoms with Gasteiger partial charge in [0, 0.05) is 32.2 Å². The van der Waals surface area contributed by atoms with Gasteiger partial charge in [-0.15, -0.1) is 0 Å². The van der Waals surface area contributed by atoms with Gasteiger partial charge in [0.1, 0.15) is 0 Å². The standard InChI is InChI=1S/C24H26N4O4S2/c1-17(33-24-25-21-10-6-5-9-20(21)23(30)28(24)18-11-12-18)22(29)26-13-15-27(16-14-26)34(31,32)19-7-3-2-4-8-19/h2-10,17-18H,11-16H2,1H3. The molecule has 1 aliphatic heterocycles. The number of carbonyl (C=O) groups excluding carboxylic acids is 1. The molecule has 0 N–H and O–H groups in total. The first-order valence-electron chi connectivity index (χ1n) is 11.4. The lowest BCUT2D eigenvalue weighted by Gasteiger charge is -2.35. The van der Waals surface area contributed by atoms with Gasteiger partial charge in [0.2, 0.25) is 15.9 Å². The molecule has 0 bridgehead atoms. The van der Waals surface area contributed by atoms with E-state index in [1.54, 1.807) is 45.9 Å². The first-order valence-corrected chi connectivity index (χ1v) is 13.7. The number of amides is 1. The Bertz CT molecular complexity index is 1380. The molecule has 5 rings (SSSR count). The SMILES string of the molecule is CC(Sc1nc2ccccc2c(=O)n1C1CC1)C(=O)N1CCN(S(=O)(=O)c2ccccc2)CC1. The summed E-state index contributed by atoms with van der Waals surface area (Å²) in [6, 6.07) is 15.8. The highest BCUT2D eigenvalue weighted by Gasteiger charge is 2.33. The molecule has 34 heavy (non-hydrogen) atoms. The van der Waals surface area contributed by atoms with Gasteiger partial charge in [-0.25, -0.2) is 13.4 Å². The minimum absolute atomic E-state index is 0.0602. The van der Waals surface area contributed by atoms with Crippen LogP contribution in [0.4, 0.5) is 0 Å². The van der Waals surface area contributed by atoms with E-state index in [0.29, 0.717) is 29.1 Å². The van der Waals surface area contributed by atoms with Crippen molar-refractivity contribution in [3.8, 4) is 0 Å². The second kappa shape index (κ2) is 9.16. The predicted molar refractivity (Wildman–Crippen MR) is 131 cm³/mol. The number of sulfonamides is 1. The molecule has 2 heterocycles. The Balaban J connectivity index is 1.29. The summed E-state index contributed by atoms with van der Waals surface area (Å²) in [6.07, 6.45) is 1.88. The molecule has 2 aliphatic rings. The normalized spacial score (nSPS) is 18.2. The molecule has 2 fully saturated rings. The first kappa shape index (κ1) is 23.1. The van der Waals surface area contributed by atoms with Gasteiger partial charge in [-0.05, 0) is 44.0 Å². The quantitative estimate of drug-likeness (QED) is 0.383. The molecule has 1 saturated carbocycles. The molecule has 2 aromatic carbocycles. The molecule has 1 aromatic heterocycles. The summed E-state index contributed by atoms with van der Waals surface area (Å²) in [6.45, 7) is 2.98. The number of thioether (sulfide) groups is 1. The maximum atomic E-state index is 13.2. The van der Waals surface area contributed by atoms with Gasteiger partial charge in [-0.2, -0.15) is 4.31 Å². The van der Waals surface area contributed by atoms with Crippen LogP contribution in [0.25, 0.3) is 10.9 Å². The van der Waals surface area contributed by atoms with E-state index >= 15 is 0 Å². The number of benzene rings is 2. The van der Waals surface area contributed by atoms with Gasteiger partial charge in [0.05, 0.1) is 21.0 Å². The van der Waals surface area contributed by atoms with Crippen LogP contribution in [0.15, 0.2) is 69.4 Å². The second-order valence-corrected chi connectivity index (χ2v) is 11.9. The highest BCUT2D eigenvalue weighted by atomic mass is 32.2. The molecule has 1 saturated heterocycles. The Hall–Kier alpha value is -2.69. The third-order valence-electron chi connectivity index (χ3n) is 6.25. The molecule has 0 spiro atoms. The van der Waals surface area contributed by atoms with Crippen LogP contribution in [-0.4, -0.2) is 64.5 Å². The average Bonchev–Trinajstić information content (AvgIpc) is 3.69. The lowest BCUT2D eigenvalue weighted by atomic mass is 10.2. The van der Waals surface area contributed by atoms with Crippen LogP contribution in [0.5, 0.6) is 0 Å². The fourth-order valence-electron chi connectivity index (χ4n) is 4.22. The summed E-state index contributed by atoms with van der Waals surface area (Å²) in [5.41, 5.74) is 0.571. The van der Waals surface area contributed by atoms with Crippen molar-refractivity contribution in [3.63, 3.8) is 0 Å². The summed E-state index contributed by atoms with van der Waals surface area (Å²) in [5, 5.41) is 0.709. The predicted octanol–water partition coefficient (Wildman–Crippen LogP) is 2.75. The largest absolute Gasteiger partial charge is 0.339 e. The number of hydrogen-bond acceptors (Lipinski definition) is 6. The Kier molecular flexibility index (Phi) is 6.22. The molecule has 1 unspecified atom stereocenters. The van der Waals surface area contributed by atoms with Gasteiger partial charge >= 0.3 is 0 Å². The van der Waals surface area contributed by atoms with E-state index in [2.05, 4.69) is 0 Å². The van der Waals surface area contributed by atoms with Crippen molar-refractivity contribution in [2.24, 2.45) is 0 Å². The van der Waals surface area contributed by atoms with Crippen LogP contribution in [0.1, 0.15) is 25.8 Å². The van der Waals surface area contributed by atoms with E-state index in [4.69, 9.17) is 4.98 Å². The number of para-hydroxylation sites is 1. The zero-order valence-electron chi connectivity index (χ0n) is 18.8. The molecule has 8 nitrogen and oxygen atoms in total. The van der Waals surface area contributed by atoms with Gasteiger partial charge in [-0.1, -0.05) is 42.1 Å². The van der Waals surface area contributed by atoms with Gasteiger partial charge in [0.25, 0.3) is 5.56 Å². The Morgan fingerprint density at radius 1 is 1.00 bits per heavy atom. The number of hydrogen-bond donors (Lipinski definition) is 0. The molecule has 1 aliphatic carbocycles. The zero-order chi connectivity index (χ0) is 23.9. The van der Waals surface area contributed by atoms with Crippen molar-refractivity contribution in [1.29, 1.82) is 0 Å². The van der Waals surface area contributed by atoms with Crippen molar-refractivity contribution in [3.05, 3.63) is 65.0 Å². The monoisotopic (exact) mass is 498 g/mol. The van der Waals surface area contributed by atoms with Crippen molar-refractivity contribution in [1.82, 2.24) is 18.8 Å². The molecule has 0 radical (unpaired) electrons. The number of fused-ring (bicyclic) bond motifs is 1. The number of piperazine rings is 1.